The smallest absolute Gasteiger partial charge is 0.246 e. The largest absolute Gasteiger partial charge is 0.343 e. The lowest BCUT2D eigenvalue weighted by Crippen LogP contribution is -2.68. The Bertz CT molecular complexity index is 453. The molecule has 6 heteroatoms. The molecule has 1 aliphatic heterocycles. The Kier molecular flexibility index (Phi) is 3.11. The quantitative estimate of drug-likeness (QED) is 0.821. The number of nitrogens with one attached hydrogen (secondary N) is 1. The maximum absolute atomic E-state index is 12.1. The molecule has 1 atom stereocenters. The first-order chi connectivity index (χ1) is 8.43. The summed E-state index contributed by atoms with van der Waals surface area (Å²) >= 11 is 0. The number of nitrogens with zero attached hydrogens (tertiary/aromatic N) is 3. The van der Waals surface area contributed by atoms with Crippen LogP contribution in [0.5, 0.6) is 0 Å². The fourth-order valence-electron chi connectivity index (χ4n) is 2.09. The fraction of sp³-hybridized carbons (Fsp3) is 0.583. The van der Waals surface area contributed by atoms with Gasteiger partial charge in [-0.05, 0) is 26.8 Å². The molecule has 0 bridgehead atoms. The zero-order valence-corrected chi connectivity index (χ0v) is 10.9. The van der Waals surface area contributed by atoms with Gasteiger partial charge in [-0.15, -0.1) is 0 Å². The molecule has 1 unspecified atom stereocenters. The first-order valence-corrected chi connectivity index (χ1v) is 6.03. The third-order valence-corrected chi connectivity index (χ3v) is 3.33. The summed E-state index contributed by atoms with van der Waals surface area (Å²) in [4.78, 5) is 25.7. The molecule has 0 spiro atoms. The van der Waals surface area contributed by atoms with E-state index in [1.54, 1.807) is 36.5 Å². The number of amides is 2. The van der Waals surface area contributed by atoms with Gasteiger partial charge in [0.05, 0.1) is 6.54 Å². The Balaban J connectivity index is 2.12. The van der Waals surface area contributed by atoms with Gasteiger partial charge in [0, 0.05) is 18.9 Å². The summed E-state index contributed by atoms with van der Waals surface area (Å²) in [6.45, 7) is 6.29. The second kappa shape index (κ2) is 4.44. The fourth-order valence-corrected chi connectivity index (χ4v) is 2.09. The van der Waals surface area contributed by atoms with Crippen molar-refractivity contribution in [2.75, 3.05) is 6.54 Å². The van der Waals surface area contributed by atoms with Gasteiger partial charge in [0.25, 0.3) is 0 Å². The molecule has 1 saturated heterocycles. The second-order valence-corrected chi connectivity index (χ2v) is 5.01. The van der Waals surface area contributed by atoms with Crippen LogP contribution in [0, 0.1) is 0 Å². The molecular weight excluding hydrogens is 232 g/mol. The highest BCUT2D eigenvalue weighted by atomic mass is 16.2. The minimum Gasteiger partial charge on any atom is -0.343 e. The third-order valence-electron chi connectivity index (χ3n) is 3.33. The van der Waals surface area contributed by atoms with Gasteiger partial charge < -0.3 is 10.2 Å². The molecule has 98 valence electrons. The molecular formula is C12H18N4O2. The van der Waals surface area contributed by atoms with E-state index >= 15 is 0 Å². The summed E-state index contributed by atoms with van der Waals surface area (Å²) in [5.74, 6) is -0.165. The zero-order chi connectivity index (χ0) is 13.3. The molecule has 1 N–H and O–H groups in total. The van der Waals surface area contributed by atoms with Crippen molar-refractivity contribution in [2.24, 2.45) is 0 Å². The molecule has 1 fully saturated rings. The third kappa shape index (κ3) is 2.10. The summed E-state index contributed by atoms with van der Waals surface area (Å²) < 4.78 is 1.75. The van der Waals surface area contributed by atoms with Crippen LogP contribution in [0.4, 0.5) is 0 Å². The molecule has 1 aromatic heterocycles. The highest BCUT2D eigenvalue weighted by Crippen LogP contribution is 2.20. The first kappa shape index (κ1) is 12.6. The second-order valence-electron chi connectivity index (χ2n) is 5.01. The monoisotopic (exact) mass is 250 g/mol. The molecule has 0 saturated carbocycles. The van der Waals surface area contributed by atoms with Crippen LogP contribution in [0.2, 0.25) is 0 Å². The van der Waals surface area contributed by atoms with Gasteiger partial charge >= 0.3 is 0 Å². The normalized spacial score (nSPS) is 23.1. The SMILES string of the molecule is CC1NC(=O)C(C)(C)N(CCn2cccn2)C1=O. The van der Waals surface area contributed by atoms with Crippen molar-refractivity contribution < 1.29 is 9.59 Å². The number of hydrogen-bond acceptors (Lipinski definition) is 3. The minimum atomic E-state index is -0.809. The van der Waals surface area contributed by atoms with Gasteiger partial charge in [0.1, 0.15) is 11.6 Å². The van der Waals surface area contributed by atoms with E-state index in [0.29, 0.717) is 13.1 Å². The van der Waals surface area contributed by atoms with Crippen LogP contribution in [0.25, 0.3) is 0 Å². The highest BCUT2D eigenvalue weighted by molar-refractivity contribution is 5.99. The van der Waals surface area contributed by atoms with E-state index < -0.39 is 11.6 Å². The number of hydrogen-bond donors (Lipinski definition) is 1. The average molecular weight is 250 g/mol. The van der Waals surface area contributed by atoms with Crippen LogP contribution in [0.1, 0.15) is 20.8 Å². The van der Waals surface area contributed by atoms with Gasteiger partial charge in [-0.1, -0.05) is 0 Å². The minimum absolute atomic E-state index is 0.0493. The Hall–Kier alpha value is -1.85. The van der Waals surface area contributed by atoms with E-state index in [4.69, 9.17) is 0 Å². The number of rotatable bonds is 3. The Labute approximate surface area is 106 Å². The van der Waals surface area contributed by atoms with E-state index in [1.807, 2.05) is 12.3 Å². The molecule has 1 aromatic rings. The maximum Gasteiger partial charge on any atom is 0.246 e. The van der Waals surface area contributed by atoms with Crippen molar-refractivity contribution in [3.63, 3.8) is 0 Å². The van der Waals surface area contributed by atoms with E-state index in [-0.39, 0.29) is 11.8 Å². The molecule has 0 aliphatic carbocycles. The van der Waals surface area contributed by atoms with Crippen LogP contribution in [-0.2, 0) is 16.1 Å². The Morgan fingerprint density at radius 3 is 2.72 bits per heavy atom. The van der Waals surface area contributed by atoms with E-state index in [2.05, 4.69) is 10.4 Å². The summed E-state index contributed by atoms with van der Waals surface area (Å²) in [7, 11) is 0. The lowest BCUT2D eigenvalue weighted by molar-refractivity contribution is -0.154. The average Bonchev–Trinajstić information content (AvgIpc) is 2.79. The first-order valence-electron chi connectivity index (χ1n) is 6.03. The summed E-state index contributed by atoms with van der Waals surface area (Å²) in [5.41, 5.74) is -0.809. The van der Waals surface area contributed by atoms with Gasteiger partial charge in [0.15, 0.2) is 0 Å². The van der Waals surface area contributed by atoms with Crippen LogP contribution in [-0.4, -0.2) is 44.6 Å². The van der Waals surface area contributed by atoms with Crippen molar-refractivity contribution in [1.29, 1.82) is 0 Å². The lowest BCUT2D eigenvalue weighted by atomic mass is 9.96. The summed E-state index contributed by atoms with van der Waals surface area (Å²) in [6.07, 6.45) is 3.53. The molecule has 1 aliphatic rings. The Morgan fingerprint density at radius 2 is 2.11 bits per heavy atom. The van der Waals surface area contributed by atoms with Crippen LogP contribution >= 0.6 is 0 Å². The van der Waals surface area contributed by atoms with Gasteiger partial charge in [-0.2, -0.15) is 5.10 Å². The molecule has 2 amide bonds. The molecule has 0 aromatic carbocycles. The lowest BCUT2D eigenvalue weighted by Gasteiger charge is -2.43. The molecule has 0 radical (unpaired) electrons. The van der Waals surface area contributed by atoms with Gasteiger partial charge in [0.2, 0.25) is 11.8 Å². The molecule has 2 rings (SSSR count). The predicted octanol–water partition coefficient (Wildman–Crippen LogP) is 0.00860. The van der Waals surface area contributed by atoms with E-state index in [9.17, 15) is 9.59 Å². The number of carbonyl (C=O) groups excluding carboxylic acids is 2. The highest BCUT2D eigenvalue weighted by Gasteiger charge is 2.44. The molecule has 2 heterocycles. The number of carbonyl (C=O) groups is 2. The number of aromatic nitrogens is 2. The van der Waals surface area contributed by atoms with Crippen LogP contribution in [0.3, 0.4) is 0 Å². The van der Waals surface area contributed by atoms with Crippen molar-refractivity contribution in [3.8, 4) is 0 Å². The van der Waals surface area contributed by atoms with Crippen LogP contribution < -0.4 is 5.32 Å². The van der Waals surface area contributed by atoms with Gasteiger partial charge in [-0.3, -0.25) is 14.3 Å². The van der Waals surface area contributed by atoms with Gasteiger partial charge in [-0.25, -0.2) is 0 Å². The number of piperazine rings is 1. The van der Waals surface area contributed by atoms with Crippen molar-refractivity contribution >= 4 is 11.8 Å². The zero-order valence-electron chi connectivity index (χ0n) is 10.9. The molecule has 18 heavy (non-hydrogen) atoms. The predicted molar refractivity (Wildman–Crippen MR) is 65.6 cm³/mol. The van der Waals surface area contributed by atoms with E-state index in [1.165, 1.54) is 0 Å². The maximum atomic E-state index is 12.1. The molecule has 6 nitrogen and oxygen atoms in total. The van der Waals surface area contributed by atoms with E-state index in [0.717, 1.165) is 0 Å². The van der Waals surface area contributed by atoms with Crippen molar-refractivity contribution in [3.05, 3.63) is 18.5 Å². The van der Waals surface area contributed by atoms with Crippen LogP contribution in [0.15, 0.2) is 18.5 Å². The summed E-state index contributed by atoms with van der Waals surface area (Å²) in [5, 5.41) is 6.78. The standard InChI is InChI=1S/C12H18N4O2/c1-9-10(17)16(12(2,3)11(18)14-9)8-7-15-6-4-5-13-15/h4-6,9H,7-8H2,1-3H3,(H,14,18). The van der Waals surface area contributed by atoms with Crippen molar-refractivity contribution in [1.82, 2.24) is 20.0 Å². The topological polar surface area (TPSA) is 67.2 Å². The summed E-state index contributed by atoms with van der Waals surface area (Å²) in [6, 6.07) is 1.38. The Morgan fingerprint density at radius 1 is 1.39 bits per heavy atom. The van der Waals surface area contributed by atoms with Crippen molar-refractivity contribution in [2.45, 2.75) is 38.9 Å².